The molecule has 0 aromatic rings. The first-order valence-electron chi connectivity index (χ1n) is 11.9. The Bertz CT molecular complexity index is 742. The second-order valence-electron chi connectivity index (χ2n) is 11.4. The lowest BCUT2D eigenvalue weighted by Crippen LogP contribution is -2.61. The van der Waals surface area contributed by atoms with Gasteiger partial charge in [-0.1, -0.05) is 20.8 Å². The molecule has 4 saturated carbocycles. The van der Waals surface area contributed by atoms with E-state index in [2.05, 4.69) is 20.8 Å². The fraction of sp³-hybridized carbons (Fsp3) is 0.880. The second kappa shape index (κ2) is 7.34. The van der Waals surface area contributed by atoms with Crippen LogP contribution in [0.5, 0.6) is 0 Å². The van der Waals surface area contributed by atoms with Gasteiger partial charge in [-0.2, -0.15) is 0 Å². The number of ether oxygens (including phenoxy) is 2. The molecule has 4 aliphatic rings. The Morgan fingerprint density at radius 3 is 2.33 bits per heavy atom. The van der Waals surface area contributed by atoms with Gasteiger partial charge in [-0.25, -0.2) is 0 Å². The lowest BCUT2D eigenvalue weighted by molar-refractivity contribution is -0.192. The van der Waals surface area contributed by atoms with E-state index in [1.807, 2.05) is 0 Å². The number of carbonyl (C=O) groups excluding carboxylic acids is 3. The van der Waals surface area contributed by atoms with Crippen molar-refractivity contribution < 1.29 is 23.9 Å². The van der Waals surface area contributed by atoms with Gasteiger partial charge in [0.1, 0.15) is 11.9 Å². The summed E-state index contributed by atoms with van der Waals surface area (Å²) < 4.78 is 11.5. The lowest BCUT2D eigenvalue weighted by atomic mass is 9.41. The molecule has 0 amide bonds. The third-order valence-electron chi connectivity index (χ3n) is 9.83. The molecule has 0 aromatic carbocycles. The van der Waals surface area contributed by atoms with Crippen molar-refractivity contribution >= 4 is 17.7 Å². The molecule has 0 N–H and O–H groups in total. The highest BCUT2D eigenvalue weighted by Crippen LogP contribution is 2.68. The minimum Gasteiger partial charge on any atom is -0.465 e. The van der Waals surface area contributed by atoms with E-state index >= 15 is 0 Å². The predicted octanol–water partition coefficient (Wildman–Crippen LogP) is 4.71. The molecule has 4 aliphatic carbocycles. The molecule has 30 heavy (non-hydrogen) atoms. The number of esters is 2. The van der Waals surface area contributed by atoms with E-state index in [-0.39, 0.29) is 40.2 Å². The fourth-order valence-corrected chi connectivity index (χ4v) is 8.47. The van der Waals surface area contributed by atoms with Gasteiger partial charge in [0.2, 0.25) is 0 Å². The first-order valence-corrected chi connectivity index (χ1v) is 11.9. The Kier molecular flexibility index (Phi) is 5.34. The van der Waals surface area contributed by atoms with Crippen LogP contribution in [0.2, 0.25) is 0 Å². The van der Waals surface area contributed by atoms with E-state index in [4.69, 9.17) is 9.47 Å². The van der Waals surface area contributed by atoms with Gasteiger partial charge in [-0.3, -0.25) is 14.4 Å². The minimum atomic E-state index is -0.361. The number of hydrogen-bond donors (Lipinski definition) is 0. The first kappa shape index (κ1) is 21.8. The molecular weight excluding hydrogens is 380 g/mol. The van der Waals surface area contributed by atoms with Gasteiger partial charge in [-0.05, 0) is 68.6 Å². The molecule has 0 aliphatic heterocycles. The molecule has 4 rings (SSSR count). The number of Topliss-reactive ketones (excluding diaryl/α,β-unsaturated/α-hetero) is 1. The summed E-state index contributed by atoms with van der Waals surface area (Å²) in [6.45, 7) is 10.0. The lowest BCUT2D eigenvalue weighted by Gasteiger charge is -2.63. The van der Waals surface area contributed by atoms with Gasteiger partial charge in [0, 0.05) is 36.5 Å². The highest BCUT2D eigenvalue weighted by molar-refractivity contribution is 5.85. The summed E-state index contributed by atoms with van der Waals surface area (Å²) in [5.41, 5.74) is -0.421. The number of fused-ring (bicyclic) bond motifs is 5. The molecule has 168 valence electrons. The van der Waals surface area contributed by atoms with Crippen molar-refractivity contribution in [3.05, 3.63) is 0 Å². The van der Waals surface area contributed by atoms with Crippen LogP contribution in [-0.4, -0.2) is 30.4 Å². The highest BCUT2D eigenvalue weighted by Gasteiger charge is 2.65. The maximum Gasteiger partial charge on any atom is 0.302 e. The van der Waals surface area contributed by atoms with Crippen molar-refractivity contribution in [2.75, 3.05) is 6.61 Å². The predicted molar refractivity (Wildman–Crippen MR) is 112 cm³/mol. The van der Waals surface area contributed by atoms with Crippen LogP contribution in [0, 0.1) is 39.9 Å². The summed E-state index contributed by atoms with van der Waals surface area (Å²) in [4.78, 5) is 36.3. The third kappa shape index (κ3) is 3.14. The van der Waals surface area contributed by atoms with Crippen LogP contribution in [0.3, 0.4) is 0 Å². The zero-order chi connectivity index (χ0) is 21.9. The van der Waals surface area contributed by atoms with Crippen LogP contribution in [0.4, 0.5) is 0 Å². The quantitative estimate of drug-likeness (QED) is 0.621. The average molecular weight is 419 g/mol. The smallest absolute Gasteiger partial charge is 0.302 e. The van der Waals surface area contributed by atoms with E-state index in [9.17, 15) is 14.4 Å². The van der Waals surface area contributed by atoms with Crippen molar-refractivity contribution in [1.82, 2.24) is 0 Å². The molecule has 0 radical (unpaired) electrons. The molecule has 7 atom stereocenters. The monoisotopic (exact) mass is 418 g/mol. The van der Waals surface area contributed by atoms with E-state index in [0.717, 1.165) is 44.9 Å². The van der Waals surface area contributed by atoms with Crippen molar-refractivity contribution in [1.29, 1.82) is 0 Å². The summed E-state index contributed by atoms with van der Waals surface area (Å²) in [5.74, 6) is 1.79. The zero-order valence-corrected chi connectivity index (χ0v) is 19.3. The molecule has 0 heterocycles. The SMILES string of the molecule is CC(=O)OCC12CCC(=O)C(C)(C)C1CCC1C3CCC(OC(C)=O)C3(C)CCC12. The first-order chi connectivity index (χ1) is 14.0. The molecule has 0 saturated heterocycles. The Morgan fingerprint density at radius 1 is 0.933 bits per heavy atom. The second-order valence-corrected chi connectivity index (χ2v) is 11.4. The standard InChI is InChI=1S/C25H38O5/c1-15(26)29-14-25-13-11-21(28)23(3,4)20(25)8-6-17-18-7-9-22(30-16(2)27)24(18,5)12-10-19(17)25/h17-20,22H,6-14H2,1-5H3. The van der Waals surface area contributed by atoms with Crippen LogP contribution in [0.1, 0.15) is 86.0 Å². The Hall–Kier alpha value is -1.39. The normalized spacial score (nSPS) is 44.4. The Balaban J connectivity index is 1.67. The van der Waals surface area contributed by atoms with Crippen LogP contribution < -0.4 is 0 Å². The number of ketones is 1. The van der Waals surface area contributed by atoms with Gasteiger partial charge in [-0.15, -0.1) is 0 Å². The van der Waals surface area contributed by atoms with Crippen LogP contribution >= 0.6 is 0 Å². The van der Waals surface area contributed by atoms with E-state index in [1.165, 1.54) is 13.8 Å². The minimum absolute atomic E-state index is 0.0208. The van der Waals surface area contributed by atoms with Crippen molar-refractivity contribution in [2.24, 2.45) is 39.9 Å². The van der Waals surface area contributed by atoms with Gasteiger partial charge in [0.15, 0.2) is 0 Å². The summed E-state index contributed by atoms with van der Waals surface area (Å²) in [6, 6.07) is 0. The number of hydrogen-bond acceptors (Lipinski definition) is 5. The van der Waals surface area contributed by atoms with Gasteiger partial charge in [0.05, 0.1) is 6.61 Å². The average Bonchev–Trinajstić information content (AvgIpc) is 2.99. The summed E-state index contributed by atoms with van der Waals surface area (Å²) in [6.07, 6.45) is 7.76. The largest absolute Gasteiger partial charge is 0.465 e. The highest BCUT2D eigenvalue weighted by atomic mass is 16.5. The molecule has 5 heteroatoms. The molecular formula is C25H38O5. The number of rotatable bonds is 3. The molecule has 0 spiro atoms. The van der Waals surface area contributed by atoms with Crippen molar-refractivity contribution in [3.8, 4) is 0 Å². The molecule has 7 unspecified atom stereocenters. The fourth-order valence-electron chi connectivity index (χ4n) is 8.47. The third-order valence-corrected chi connectivity index (χ3v) is 9.83. The summed E-state index contributed by atoms with van der Waals surface area (Å²) in [5, 5.41) is 0. The molecule has 0 aromatic heterocycles. The van der Waals surface area contributed by atoms with Gasteiger partial charge in [0.25, 0.3) is 0 Å². The molecule has 4 fully saturated rings. The molecule has 0 bridgehead atoms. The topological polar surface area (TPSA) is 69.7 Å². The van der Waals surface area contributed by atoms with Crippen LogP contribution in [0.15, 0.2) is 0 Å². The number of carbonyl (C=O) groups is 3. The summed E-state index contributed by atoms with van der Waals surface area (Å²) in [7, 11) is 0. The van der Waals surface area contributed by atoms with Crippen molar-refractivity contribution in [2.45, 2.75) is 92.1 Å². The molecule has 5 nitrogen and oxygen atoms in total. The van der Waals surface area contributed by atoms with Crippen LogP contribution in [-0.2, 0) is 23.9 Å². The maximum atomic E-state index is 12.8. The van der Waals surface area contributed by atoms with Gasteiger partial charge < -0.3 is 9.47 Å². The van der Waals surface area contributed by atoms with Crippen LogP contribution in [0.25, 0.3) is 0 Å². The van der Waals surface area contributed by atoms with Gasteiger partial charge >= 0.3 is 11.9 Å². The zero-order valence-electron chi connectivity index (χ0n) is 19.3. The summed E-state index contributed by atoms with van der Waals surface area (Å²) >= 11 is 0. The Labute approximate surface area is 180 Å². The Morgan fingerprint density at radius 2 is 1.67 bits per heavy atom. The van der Waals surface area contributed by atoms with Crippen molar-refractivity contribution in [3.63, 3.8) is 0 Å². The van der Waals surface area contributed by atoms with E-state index in [1.54, 1.807) is 0 Å². The van der Waals surface area contributed by atoms with E-state index in [0.29, 0.717) is 36.6 Å². The van der Waals surface area contributed by atoms with E-state index < -0.39 is 0 Å². The maximum absolute atomic E-state index is 12.8.